The van der Waals surface area contributed by atoms with Gasteiger partial charge in [0.05, 0.1) is 6.04 Å². The normalized spacial score (nSPS) is 24.4. The molecule has 2 aromatic rings. The maximum Gasteiger partial charge on any atom is 0.134 e. The van der Waals surface area contributed by atoms with Gasteiger partial charge in [-0.1, -0.05) is 15.9 Å². The second-order valence-corrected chi connectivity index (χ2v) is 8.43. The van der Waals surface area contributed by atoms with E-state index in [1.807, 2.05) is 12.1 Å². The van der Waals surface area contributed by atoms with E-state index in [0.717, 1.165) is 27.7 Å². The van der Waals surface area contributed by atoms with Crippen LogP contribution in [-0.4, -0.2) is 17.0 Å². The lowest BCUT2D eigenvalue weighted by atomic mass is 10.1. The van der Waals surface area contributed by atoms with Gasteiger partial charge in [0, 0.05) is 21.2 Å². The topological polar surface area (TPSA) is 25.2 Å². The predicted octanol–water partition coefficient (Wildman–Crippen LogP) is 5.13. The number of fused-ring (bicyclic) bond motifs is 1. The number of rotatable bonds is 4. The van der Waals surface area contributed by atoms with Crippen LogP contribution in [0.3, 0.4) is 0 Å². The van der Waals surface area contributed by atoms with E-state index in [1.54, 1.807) is 0 Å². The van der Waals surface area contributed by atoms with Crippen LogP contribution in [0.2, 0.25) is 0 Å². The highest BCUT2D eigenvalue weighted by Gasteiger charge is 2.29. The van der Waals surface area contributed by atoms with Crippen molar-refractivity contribution in [3.8, 4) is 0 Å². The Morgan fingerprint density at radius 3 is 3.05 bits per heavy atom. The zero-order chi connectivity index (χ0) is 14.2. The molecule has 1 aliphatic rings. The maximum absolute atomic E-state index is 5.94. The van der Waals surface area contributed by atoms with E-state index in [0.29, 0.717) is 4.75 Å². The average molecular weight is 354 g/mol. The molecule has 2 nitrogen and oxygen atoms in total. The van der Waals surface area contributed by atoms with Crippen molar-refractivity contribution in [3.63, 3.8) is 0 Å². The molecule has 0 spiro atoms. The number of hydrogen-bond donors (Lipinski definition) is 1. The van der Waals surface area contributed by atoms with Crippen LogP contribution in [0.15, 0.2) is 33.2 Å². The second-order valence-electron chi connectivity index (χ2n) is 5.84. The lowest BCUT2D eigenvalue weighted by Crippen LogP contribution is -2.34. The van der Waals surface area contributed by atoms with Gasteiger partial charge in [-0.25, -0.2) is 0 Å². The Labute approximate surface area is 132 Å². The smallest absolute Gasteiger partial charge is 0.134 e. The largest absolute Gasteiger partial charge is 0.459 e. The molecule has 1 fully saturated rings. The first-order valence-corrected chi connectivity index (χ1v) is 8.90. The third-order valence-electron chi connectivity index (χ3n) is 4.01. The molecule has 1 saturated heterocycles. The van der Waals surface area contributed by atoms with Gasteiger partial charge in [-0.05, 0) is 56.7 Å². The van der Waals surface area contributed by atoms with Crippen LogP contribution < -0.4 is 5.32 Å². The number of benzene rings is 1. The van der Waals surface area contributed by atoms with E-state index in [4.69, 9.17) is 4.42 Å². The molecule has 2 atom stereocenters. The van der Waals surface area contributed by atoms with Gasteiger partial charge in [0.2, 0.25) is 0 Å². The highest BCUT2D eigenvalue weighted by atomic mass is 79.9. The Kier molecular flexibility index (Phi) is 4.16. The van der Waals surface area contributed by atoms with Crippen molar-refractivity contribution in [2.75, 3.05) is 12.3 Å². The van der Waals surface area contributed by atoms with Gasteiger partial charge >= 0.3 is 0 Å². The average Bonchev–Trinajstić information content (AvgIpc) is 3.02. The zero-order valence-corrected chi connectivity index (χ0v) is 14.3. The highest BCUT2D eigenvalue weighted by molar-refractivity contribution is 9.10. The first-order chi connectivity index (χ1) is 9.56. The van der Waals surface area contributed by atoms with Gasteiger partial charge in [-0.15, -0.1) is 0 Å². The summed E-state index contributed by atoms with van der Waals surface area (Å²) in [6.45, 7) is 5.58. The van der Waals surface area contributed by atoms with Gasteiger partial charge < -0.3 is 9.73 Å². The third kappa shape index (κ3) is 3.07. The number of hydrogen-bond acceptors (Lipinski definition) is 3. The molecule has 1 aliphatic heterocycles. The molecular formula is C16H20BrNOS. The van der Waals surface area contributed by atoms with Crippen LogP contribution in [0.25, 0.3) is 11.0 Å². The van der Waals surface area contributed by atoms with Crippen LogP contribution in [0.4, 0.5) is 0 Å². The monoisotopic (exact) mass is 353 g/mol. The summed E-state index contributed by atoms with van der Waals surface area (Å²) in [4.78, 5) is 0. The summed E-state index contributed by atoms with van der Waals surface area (Å²) in [5.41, 5.74) is 0.957. The number of furan rings is 1. The quantitative estimate of drug-likeness (QED) is 0.824. The lowest BCUT2D eigenvalue weighted by molar-refractivity contribution is 0.426. The van der Waals surface area contributed by atoms with Crippen LogP contribution in [0.5, 0.6) is 0 Å². The molecule has 1 aromatic carbocycles. The molecule has 1 aromatic heterocycles. The number of halogens is 1. The van der Waals surface area contributed by atoms with Crippen molar-refractivity contribution in [1.82, 2.24) is 5.32 Å². The summed E-state index contributed by atoms with van der Waals surface area (Å²) in [5.74, 6) is 2.32. The molecule has 0 amide bonds. The predicted molar refractivity (Wildman–Crippen MR) is 90.4 cm³/mol. The first kappa shape index (κ1) is 14.5. The SMILES string of the molecule is CC(NCC1(C)CCCS1)c1cc2cc(Br)ccc2o1. The zero-order valence-electron chi connectivity index (χ0n) is 11.9. The van der Waals surface area contributed by atoms with Crippen LogP contribution >= 0.6 is 27.7 Å². The summed E-state index contributed by atoms with van der Waals surface area (Å²) >= 11 is 5.59. The molecule has 20 heavy (non-hydrogen) atoms. The minimum atomic E-state index is 0.249. The van der Waals surface area contributed by atoms with Crippen molar-refractivity contribution in [1.29, 1.82) is 0 Å². The molecule has 0 aliphatic carbocycles. The molecule has 3 rings (SSSR count). The van der Waals surface area contributed by atoms with Crippen molar-refractivity contribution in [2.45, 2.75) is 37.5 Å². The maximum atomic E-state index is 5.94. The summed E-state index contributed by atoms with van der Waals surface area (Å²) in [6, 6.07) is 8.53. The molecule has 4 heteroatoms. The van der Waals surface area contributed by atoms with Gasteiger partial charge in [0.1, 0.15) is 11.3 Å². The van der Waals surface area contributed by atoms with Crippen LogP contribution in [0, 0.1) is 0 Å². The van der Waals surface area contributed by atoms with E-state index in [9.17, 15) is 0 Å². The van der Waals surface area contributed by atoms with E-state index in [1.165, 1.54) is 18.6 Å². The van der Waals surface area contributed by atoms with Gasteiger partial charge in [-0.2, -0.15) is 11.8 Å². The summed E-state index contributed by atoms with van der Waals surface area (Å²) in [5, 5.41) is 4.79. The Hall–Kier alpha value is -0.450. The minimum absolute atomic E-state index is 0.249. The standard InChI is InChI=1S/C16H20BrNOS/c1-11(18-10-16(2)6-3-7-20-16)15-9-12-8-13(17)4-5-14(12)19-15/h4-5,8-9,11,18H,3,6-7,10H2,1-2H3. The third-order valence-corrected chi connectivity index (χ3v) is 6.04. The molecular weight excluding hydrogens is 334 g/mol. The van der Waals surface area contributed by atoms with E-state index < -0.39 is 0 Å². The van der Waals surface area contributed by atoms with E-state index >= 15 is 0 Å². The van der Waals surface area contributed by atoms with Crippen LogP contribution in [0.1, 0.15) is 38.5 Å². The molecule has 0 saturated carbocycles. The molecule has 0 radical (unpaired) electrons. The Morgan fingerprint density at radius 1 is 1.45 bits per heavy atom. The molecule has 1 N–H and O–H groups in total. The molecule has 108 valence electrons. The van der Waals surface area contributed by atoms with Crippen LogP contribution in [-0.2, 0) is 0 Å². The lowest BCUT2D eigenvalue weighted by Gasteiger charge is -2.25. The van der Waals surface area contributed by atoms with Crippen molar-refractivity contribution >= 4 is 38.7 Å². The summed E-state index contributed by atoms with van der Waals surface area (Å²) in [6.07, 6.45) is 2.65. The van der Waals surface area contributed by atoms with Gasteiger partial charge in [0.25, 0.3) is 0 Å². The van der Waals surface area contributed by atoms with Gasteiger partial charge in [0.15, 0.2) is 0 Å². The fourth-order valence-corrected chi connectivity index (χ4v) is 4.33. The number of thioether (sulfide) groups is 1. The van der Waals surface area contributed by atoms with Gasteiger partial charge in [-0.3, -0.25) is 0 Å². The highest BCUT2D eigenvalue weighted by Crippen LogP contribution is 2.37. The molecule has 0 bridgehead atoms. The second kappa shape index (κ2) is 5.74. The summed E-state index contributed by atoms with van der Waals surface area (Å²) in [7, 11) is 0. The Bertz CT molecular complexity index is 604. The molecule has 2 unspecified atom stereocenters. The van der Waals surface area contributed by atoms with Crippen molar-refractivity contribution < 1.29 is 4.42 Å². The summed E-state index contributed by atoms with van der Waals surface area (Å²) < 4.78 is 7.43. The number of nitrogens with one attached hydrogen (secondary N) is 1. The van der Waals surface area contributed by atoms with E-state index in [2.05, 4.69) is 59.0 Å². The fraction of sp³-hybridized carbons (Fsp3) is 0.500. The Balaban J connectivity index is 1.70. The first-order valence-electron chi connectivity index (χ1n) is 7.12. The Morgan fingerprint density at radius 2 is 2.30 bits per heavy atom. The van der Waals surface area contributed by atoms with E-state index in [-0.39, 0.29) is 6.04 Å². The van der Waals surface area contributed by atoms with Crippen molar-refractivity contribution in [3.05, 3.63) is 34.5 Å². The minimum Gasteiger partial charge on any atom is -0.459 e. The van der Waals surface area contributed by atoms with Crippen molar-refractivity contribution in [2.24, 2.45) is 0 Å². The molecule has 2 heterocycles. The fourth-order valence-electron chi connectivity index (χ4n) is 2.69.